The summed E-state index contributed by atoms with van der Waals surface area (Å²) in [7, 11) is 5.39. The summed E-state index contributed by atoms with van der Waals surface area (Å²) in [6, 6.07) is -0.138. The van der Waals surface area contributed by atoms with Crippen LogP contribution < -0.4 is 11.0 Å². The van der Waals surface area contributed by atoms with E-state index in [2.05, 4.69) is 23.5 Å². The van der Waals surface area contributed by atoms with Crippen LogP contribution in [-0.4, -0.2) is 64.0 Å². The highest BCUT2D eigenvalue weighted by atomic mass is 16.5. The number of rotatable bonds is 8. The SMILES string of the molecule is C=CC(=O)N1CCCC(n2cc(N/C(=C/N(C)C)C(=C)OC)c3ncc(C4CC4)n3c2=O)C1.CC. The van der Waals surface area contributed by atoms with Crippen molar-refractivity contribution >= 4 is 17.2 Å². The van der Waals surface area contributed by atoms with Crippen molar-refractivity contribution in [1.29, 1.82) is 0 Å². The second kappa shape index (κ2) is 11.3. The lowest BCUT2D eigenvalue weighted by Crippen LogP contribution is -2.43. The molecule has 1 saturated heterocycles. The molecule has 0 spiro atoms. The third-order valence-corrected chi connectivity index (χ3v) is 6.19. The number of carbonyl (C=O) groups excluding carboxylic acids is 1. The number of nitrogens with one attached hydrogen (secondary N) is 1. The van der Waals surface area contributed by atoms with Gasteiger partial charge in [0.25, 0.3) is 0 Å². The second-order valence-corrected chi connectivity index (χ2v) is 8.89. The summed E-state index contributed by atoms with van der Waals surface area (Å²) in [5.41, 5.74) is 2.72. The molecule has 1 aliphatic carbocycles. The van der Waals surface area contributed by atoms with Crippen LogP contribution in [0.1, 0.15) is 57.2 Å². The first-order chi connectivity index (χ1) is 16.8. The standard InChI is InChI=1S/C24H32N6O3.C2H6/c1-6-22(31)28-11-7-8-18(13-28)29-15-20(26-19(14-27(3)4)16(2)33-5)23-25-12-21(17-9-10-17)30(23)24(29)32;1-2/h6,12,14-15,17-18,26H,1-2,7-11,13H2,3-5H3;1-2H3/b19-14+;. The number of methoxy groups -OCH3 is 1. The molecule has 0 bridgehead atoms. The van der Waals surface area contributed by atoms with Gasteiger partial charge in [-0.15, -0.1) is 0 Å². The molecule has 190 valence electrons. The Kier molecular flexibility index (Phi) is 8.43. The van der Waals surface area contributed by atoms with Gasteiger partial charge in [-0.25, -0.2) is 14.2 Å². The van der Waals surface area contributed by atoms with Crippen LogP contribution in [0.25, 0.3) is 5.65 Å². The van der Waals surface area contributed by atoms with E-state index in [4.69, 9.17) is 4.74 Å². The Hall–Kier alpha value is -3.49. The molecule has 0 radical (unpaired) electrons. The van der Waals surface area contributed by atoms with Crippen LogP contribution in [-0.2, 0) is 9.53 Å². The van der Waals surface area contributed by atoms with E-state index in [0.29, 0.717) is 41.8 Å². The van der Waals surface area contributed by atoms with Crippen molar-refractivity contribution < 1.29 is 9.53 Å². The van der Waals surface area contributed by atoms with Crippen LogP contribution in [0, 0.1) is 0 Å². The minimum Gasteiger partial charge on any atom is -0.495 e. The molecule has 35 heavy (non-hydrogen) atoms. The molecule has 2 aliphatic rings. The minimum atomic E-state index is -0.138. The predicted molar refractivity (Wildman–Crippen MR) is 139 cm³/mol. The maximum Gasteiger partial charge on any atom is 0.334 e. The third kappa shape index (κ3) is 5.61. The van der Waals surface area contributed by atoms with Gasteiger partial charge in [0.15, 0.2) is 5.65 Å². The molecule has 0 aromatic carbocycles. The third-order valence-electron chi connectivity index (χ3n) is 6.19. The van der Waals surface area contributed by atoms with Crippen LogP contribution in [0.2, 0.25) is 0 Å². The highest BCUT2D eigenvalue weighted by molar-refractivity contribution is 5.87. The zero-order valence-corrected chi connectivity index (χ0v) is 21.6. The van der Waals surface area contributed by atoms with E-state index in [-0.39, 0.29) is 17.6 Å². The first kappa shape index (κ1) is 26.1. The van der Waals surface area contributed by atoms with Crippen molar-refractivity contribution in [3.8, 4) is 0 Å². The molecule has 1 unspecified atom stereocenters. The number of nitrogens with zero attached hydrogens (tertiary/aromatic N) is 5. The summed E-state index contributed by atoms with van der Waals surface area (Å²) in [6.45, 7) is 12.7. The van der Waals surface area contributed by atoms with Gasteiger partial charge in [-0.1, -0.05) is 27.0 Å². The van der Waals surface area contributed by atoms with E-state index in [1.807, 2.05) is 39.0 Å². The summed E-state index contributed by atoms with van der Waals surface area (Å²) in [4.78, 5) is 34.1. The Balaban J connectivity index is 0.00000167. The first-order valence-electron chi connectivity index (χ1n) is 12.3. The van der Waals surface area contributed by atoms with Gasteiger partial charge >= 0.3 is 5.69 Å². The van der Waals surface area contributed by atoms with Gasteiger partial charge in [0.05, 0.1) is 30.2 Å². The molecule has 1 saturated carbocycles. The fraction of sp³-hybridized carbons (Fsp3) is 0.500. The predicted octanol–water partition coefficient (Wildman–Crippen LogP) is 3.72. The Bertz CT molecular complexity index is 1170. The first-order valence-corrected chi connectivity index (χ1v) is 12.3. The van der Waals surface area contributed by atoms with Crippen molar-refractivity contribution in [2.75, 3.05) is 39.6 Å². The number of likely N-dealkylation sites (tertiary alicyclic amines) is 1. The highest BCUT2D eigenvalue weighted by Gasteiger charge is 2.31. The maximum absolute atomic E-state index is 13.7. The molecule has 2 fully saturated rings. The number of aromatic nitrogens is 3. The number of hydrogen-bond donors (Lipinski definition) is 1. The fourth-order valence-corrected chi connectivity index (χ4v) is 4.34. The second-order valence-electron chi connectivity index (χ2n) is 8.89. The Labute approximate surface area is 207 Å². The van der Waals surface area contributed by atoms with Crippen LogP contribution >= 0.6 is 0 Å². The van der Waals surface area contributed by atoms with Gasteiger partial charge in [0.2, 0.25) is 5.91 Å². The zero-order valence-electron chi connectivity index (χ0n) is 21.6. The molecule has 3 heterocycles. The van der Waals surface area contributed by atoms with E-state index >= 15 is 0 Å². The number of carbonyl (C=O) groups is 1. The molecule has 1 N–H and O–H groups in total. The molecule has 1 atom stereocenters. The average molecular weight is 483 g/mol. The number of amides is 1. The summed E-state index contributed by atoms with van der Waals surface area (Å²) in [5.74, 6) is 0.711. The Morgan fingerprint density at radius 3 is 2.60 bits per heavy atom. The molecular formula is C26H38N6O3. The summed E-state index contributed by atoms with van der Waals surface area (Å²) in [5, 5.41) is 3.38. The molecule has 2 aromatic heterocycles. The van der Waals surface area contributed by atoms with E-state index in [0.717, 1.165) is 31.4 Å². The van der Waals surface area contributed by atoms with Crippen LogP contribution in [0.4, 0.5) is 5.69 Å². The lowest BCUT2D eigenvalue weighted by atomic mass is 10.1. The van der Waals surface area contributed by atoms with Crippen LogP contribution in [0.3, 0.4) is 0 Å². The molecule has 9 nitrogen and oxygen atoms in total. The molecule has 4 rings (SSSR count). The fourth-order valence-electron chi connectivity index (χ4n) is 4.34. The normalized spacial score (nSPS) is 17.9. The van der Waals surface area contributed by atoms with E-state index in [1.165, 1.54) is 6.08 Å². The average Bonchev–Trinajstić information content (AvgIpc) is 3.62. The largest absolute Gasteiger partial charge is 0.495 e. The summed E-state index contributed by atoms with van der Waals surface area (Å²) < 4.78 is 8.84. The highest BCUT2D eigenvalue weighted by Crippen LogP contribution is 2.40. The van der Waals surface area contributed by atoms with E-state index in [9.17, 15) is 9.59 Å². The maximum atomic E-state index is 13.7. The van der Waals surface area contributed by atoms with Gasteiger partial charge in [-0.3, -0.25) is 9.36 Å². The molecule has 1 aliphatic heterocycles. The van der Waals surface area contributed by atoms with Crippen molar-refractivity contribution in [1.82, 2.24) is 23.8 Å². The monoisotopic (exact) mass is 482 g/mol. The quantitative estimate of drug-likeness (QED) is 0.351. The number of fused-ring (bicyclic) bond motifs is 1. The van der Waals surface area contributed by atoms with Gasteiger partial charge in [0.1, 0.15) is 5.76 Å². The van der Waals surface area contributed by atoms with E-state index in [1.54, 1.807) is 33.4 Å². The number of hydrogen-bond acceptors (Lipinski definition) is 6. The zero-order chi connectivity index (χ0) is 25.7. The van der Waals surface area contributed by atoms with Crippen molar-refractivity contribution in [2.24, 2.45) is 0 Å². The van der Waals surface area contributed by atoms with Gasteiger partial charge < -0.3 is 19.9 Å². The molecule has 1 amide bonds. The van der Waals surface area contributed by atoms with Gasteiger partial charge in [-0.2, -0.15) is 0 Å². The molecule has 2 aromatic rings. The van der Waals surface area contributed by atoms with Crippen LogP contribution in [0.15, 0.2) is 54.1 Å². The van der Waals surface area contributed by atoms with Crippen molar-refractivity contribution in [3.63, 3.8) is 0 Å². The molecular weight excluding hydrogens is 444 g/mol. The number of piperidine rings is 1. The smallest absolute Gasteiger partial charge is 0.334 e. The van der Waals surface area contributed by atoms with Gasteiger partial charge in [-0.05, 0) is 31.8 Å². The minimum absolute atomic E-state index is 0.110. The van der Waals surface area contributed by atoms with Crippen molar-refractivity contribution in [2.45, 2.75) is 51.5 Å². The number of ether oxygens (including phenoxy) is 1. The summed E-state index contributed by atoms with van der Waals surface area (Å²) >= 11 is 0. The Morgan fingerprint density at radius 1 is 1.29 bits per heavy atom. The van der Waals surface area contributed by atoms with Crippen LogP contribution in [0.5, 0.6) is 0 Å². The lowest BCUT2D eigenvalue weighted by molar-refractivity contribution is -0.127. The Morgan fingerprint density at radius 2 is 2.00 bits per heavy atom. The topological polar surface area (TPSA) is 84.1 Å². The number of imidazole rings is 1. The number of anilines is 1. The van der Waals surface area contributed by atoms with E-state index < -0.39 is 0 Å². The molecule has 9 heteroatoms. The van der Waals surface area contributed by atoms with Gasteiger partial charge in [0, 0.05) is 51.7 Å². The lowest BCUT2D eigenvalue weighted by Gasteiger charge is -2.33. The summed E-state index contributed by atoms with van der Waals surface area (Å²) in [6.07, 6.45) is 10.6. The van der Waals surface area contributed by atoms with Crippen molar-refractivity contribution in [3.05, 3.63) is 65.5 Å².